The highest BCUT2D eigenvalue weighted by Crippen LogP contribution is 2.28. The molecule has 0 atom stereocenters. The molecule has 0 saturated carbocycles. The average Bonchev–Trinajstić information content (AvgIpc) is 2.53. The van der Waals surface area contributed by atoms with E-state index in [4.69, 9.17) is 16.3 Å². The molecule has 0 aromatic heterocycles. The Hall–Kier alpha value is -2.28. The van der Waals surface area contributed by atoms with Crippen molar-refractivity contribution in [3.05, 3.63) is 23.8 Å². The number of likely N-dealkylation sites (N-methyl/N-ethyl adjacent to an activating group) is 1. The number of rotatable bonds is 6. The Balaban J connectivity index is 2.98. The summed E-state index contributed by atoms with van der Waals surface area (Å²) in [6, 6.07) is 4.69. The van der Waals surface area contributed by atoms with Crippen molar-refractivity contribution < 1.29 is 23.9 Å². The van der Waals surface area contributed by atoms with Gasteiger partial charge in [-0.05, 0) is 12.1 Å². The van der Waals surface area contributed by atoms with Gasteiger partial charge in [0.1, 0.15) is 11.6 Å². The third-order valence-corrected chi connectivity index (χ3v) is 3.07. The molecule has 2 amide bonds. The average molecular weight is 329 g/mol. The molecule has 0 unspecified atom stereocenters. The molecular weight excluding hydrogens is 312 g/mol. The maximum Gasteiger partial charge on any atom is 0.340 e. The van der Waals surface area contributed by atoms with E-state index in [-0.39, 0.29) is 29.6 Å². The molecular formula is C14H17ClN2O5. The number of carbonyl (C=O) groups excluding carboxylic acids is 3. The molecule has 1 aromatic rings. The van der Waals surface area contributed by atoms with E-state index in [1.165, 1.54) is 32.2 Å². The van der Waals surface area contributed by atoms with Crippen LogP contribution < -0.4 is 10.1 Å². The molecule has 0 radical (unpaired) electrons. The minimum absolute atomic E-state index is 0.154. The summed E-state index contributed by atoms with van der Waals surface area (Å²) in [7, 11) is 4.10. The number of benzene rings is 1. The first-order valence-corrected chi connectivity index (χ1v) is 6.83. The van der Waals surface area contributed by atoms with Gasteiger partial charge in [-0.15, -0.1) is 11.6 Å². The molecule has 8 heteroatoms. The standard InChI is InChI=1S/C14H17ClN2O5/c1-17(12(19)7-15)8-11(18)16-13-9(14(20)22-3)5-4-6-10(13)21-2/h4-6H,7-8H2,1-3H3,(H,16,18). The van der Waals surface area contributed by atoms with Crippen LogP contribution >= 0.6 is 11.6 Å². The van der Waals surface area contributed by atoms with Crippen LogP contribution in [0, 0.1) is 0 Å². The van der Waals surface area contributed by atoms with Gasteiger partial charge in [0, 0.05) is 7.05 Å². The summed E-state index contributed by atoms with van der Waals surface area (Å²) in [6.45, 7) is -0.204. The lowest BCUT2D eigenvalue weighted by Crippen LogP contribution is -2.35. The molecule has 7 nitrogen and oxygen atoms in total. The lowest BCUT2D eigenvalue weighted by atomic mass is 10.1. The Morgan fingerprint density at radius 3 is 2.50 bits per heavy atom. The first-order chi connectivity index (χ1) is 10.4. The number of nitrogens with one attached hydrogen (secondary N) is 1. The van der Waals surface area contributed by atoms with Crippen molar-refractivity contribution in [2.24, 2.45) is 0 Å². The summed E-state index contributed by atoms with van der Waals surface area (Å²) in [5.41, 5.74) is 0.343. The predicted octanol–water partition coefficient (Wildman–Crippen LogP) is 1.12. The normalized spacial score (nSPS) is 9.82. The number of hydrogen-bond donors (Lipinski definition) is 1. The molecule has 0 aliphatic rings. The first kappa shape index (κ1) is 17.8. The zero-order valence-corrected chi connectivity index (χ0v) is 13.3. The van der Waals surface area contributed by atoms with Crippen molar-refractivity contribution in [2.45, 2.75) is 0 Å². The fourth-order valence-electron chi connectivity index (χ4n) is 1.69. The van der Waals surface area contributed by atoms with Gasteiger partial charge in [-0.25, -0.2) is 4.79 Å². The van der Waals surface area contributed by atoms with Gasteiger partial charge in [0.15, 0.2) is 0 Å². The molecule has 1 rings (SSSR count). The number of hydrogen-bond acceptors (Lipinski definition) is 5. The number of carbonyl (C=O) groups is 3. The summed E-state index contributed by atoms with van der Waals surface area (Å²) in [5, 5.41) is 2.55. The van der Waals surface area contributed by atoms with Crippen LogP contribution in [0.3, 0.4) is 0 Å². The number of esters is 1. The molecule has 1 aromatic carbocycles. The van der Waals surface area contributed by atoms with Gasteiger partial charge in [0.2, 0.25) is 11.8 Å². The Bertz CT molecular complexity index is 576. The van der Waals surface area contributed by atoms with Crippen LogP contribution in [0.25, 0.3) is 0 Å². The van der Waals surface area contributed by atoms with Crippen molar-refractivity contribution in [1.82, 2.24) is 4.90 Å². The van der Waals surface area contributed by atoms with Crippen LogP contribution in [-0.2, 0) is 14.3 Å². The van der Waals surface area contributed by atoms with E-state index >= 15 is 0 Å². The number of nitrogens with zero attached hydrogens (tertiary/aromatic N) is 1. The van der Waals surface area contributed by atoms with Gasteiger partial charge >= 0.3 is 5.97 Å². The zero-order chi connectivity index (χ0) is 16.7. The lowest BCUT2D eigenvalue weighted by molar-refractivity contribution is -0.131. The molecule has 0 aliphatic heterocycles. The fraction of sp³-hybridized carbons (Fsp3) is 0.357. The molecule has 0 bridgehead atoms. The molecule has 1 N–H and O–H groups in total. The Morgan fingerprint density at radius 2 is 1.95 bits per heavy atom. The van der Waals surface area contributed by atoms with Crippen molar-refractivity contribution >= 4 is 35.1 Å². The van der Waals surface area contributed by atoms with Crippen LogP contribution in [0.5, 0.6) is 5.75 Å². The van der Waals surface area contributed by atoms with Crippen molar-refractivity contribution in [3.63, 3.8) is 0 Å². The third kappa shape index (κ3) is 4.36. The number of amides is 2. The number of halogens is 1. The van der Waals surface area contributed by atoms with Crippen LogP contribution in [0.15, 0.2) is 18.2 Å². The predicted molar refractivity (Wildman–Crippen MR) is 81.3 cm³/mol. The van der Waals surface area contributed by atoms with Crippen LogP contribution in [0.4, 0.5) is 5.69 Å². The Morgan fingerprint density at radius 1 is 1.27 bits per heavy atom. The van der Waals surface area contributed by atoms with E-state index in [0.717, 1.165) is 0 Å². The number of methoxy groups -OCH3 is 2. The molecule has 0 saturated heterocycles. The smallest absolute Gasteiger partial charge is 0.340 e. The first-order valence-electron chi connectivity index (χ1n) is 6.29. The molecule has 22 heavy (non-hydrogen) atoms. The molecule has 0 fully saturated rings. The highest BCUT2D eigenvalue weighted by molar-refractivity contribution is 6.27. The fourth-order valence-corrected chi connectivity index (χ4v) is 1.90. The van der Waals surface area contributed by atoms with Gasteiger partial charge in [0.25, 0.3) is 0 Å². The van der Waals surface area contributed by atoms with Crippen molar-refractivity contribution in [3.8, 4) is 5.75 Å². The van der Waals surface area contributed by atoms with Gasteiger partial charge < -0.3 is 19.7 Å². The Labute approximate surface area is 133 Å². The highest BCUT2D eigenvalue weighted by Gasteiger charge is 2.19. The van der Waals surface area contributed by atoms with Gasteiger partial charge in [-0.3, -0.25) is 9.59 Å². The summed E-state index contributed by atoms with van der Waals surface area (Å²) < 4.78 is 9.80. The number of para-hydroxylation sites is 1. The highest BCUT2D eigenvalue weighted by atomic mass is 35.5. The van der Waals surface area contributed by atoms with E-state index in [1.54, 1.807) is 12.1 Å². The second kappa shape index (κ2) is 8.23. The molecule has 120 valence electrons. The Kier molecular flexibility index (Phi) is 6.65. The van der Waals surface area contributed by atoms with Gasteiger partial charge in [-0.1, -0.05) is 6.07 Å². The molecule has 0 heterocycles. The summed E-state index contributed by atoms with van der Waals surface area (Å²) in [5.74, 6) is -1.39. The largest absolute Gasteiger partial charge is 0.495 e. The van der Waals surface area contributed by atoms with E-state index < -0.39 is 11.9 Å². The maximum atomic E-state index is 12.0. The summed E-state index contributed by atoms with van der Waals surface area (Å²) in [6.07, 6.45) is 0. The van der Waals surface area contributed by atoms with Crippen molar-refractivity contribution in [1.29, 1.82) is 0 Å². The van der Waals surface area contributed by atoms with Gasteiger partial charge in [0.05, 0.1) is 32.0 Å². The summed E-state index contributed by atoms with van der Waals surface area (Å²) >= 11 is 5.42. The number of anilines is 1. The second-order valence-corrected chi connectivity index (χ2v) is 4.57. The third-order valence-electron chi connectivity index (χ3n) is 2.84. The maximum absolute atomic E-state index is 12.0. The SMILES string of the molecule is COC(=O)c1cccc(OC)c1NC(=O)CN(C)C(=O)CCl. The molecule has 0 aliphatic carbocycles. The van der Waals surface area contributed by atoms with E-state index in [0.29, 0.717) is 5.75 Å². The van der Waals surface area contributed by atoms with Crippen LogP contribution in [0.2, 0.25) is 0 Å². The van der Waals surface area contributed by atoms with Crippen LogP contribution in [0.1, 0.15) is 10.4 Å². The summed E-state index contributed by atoms with van der Waals surface area (Å²) in [4.78, 5) is 36.3. The zero-order valence-electron chi connectivity index (χ0n) is 12.5. The quantitative estimate of drug-likeness (QED) is 0.625. The van der Waals surface area contributed by atoms with Crippen LogP contribution in [-0.4, -0.2) is 56.4 Å². The van der Waals surface area contributed by atoms with E-state index in [2.05, 4.69) is 10.1 Å². The van der Waals surface area contributed by atoms with Crippen molar-refractivity contribution in [2.75, 3.05) is 39.0 Å². The van der Waals surface area contributed by atoms with E-state index in [9.17, 15) is 14.4 Å². The minimum atomic E-state index is -0.612. The lowest BCUT2D eigenvalue weighted by Gasteiger charge is -2.17. The monoisotopic (exact) mass is 328 g/mol. The topological polar surface area (TPSA) is 84.9 Å². The van der Waals surface area contributed by atoms with Gasteiger partial charge in [-0.2, -0.15) is 0 Å². The van der Waals surface area contributed by atoms with E-state index in [1.807, 2.05) is 0 Å². The number of alkyl halides is 1. The second-order valence-electron chi connectivity index (χ2n) is 4.31. The molecule has 0 spiro atoms. The number of ether oxygens (including phenoxy) is 2. The minimum Gasteiger partial charge on any atom is -0.495 e.